The zero-order valence-electron chi connectivity index (χ0n) is 16.8. The van der Waals surface area contributed by atoms with Crippen LogP contribution in [0.3, 0.4) is 0 Å². The number of benzene rings is 2. The SMILES string of the molecule is NS(=O)(=O)c1cccc(NC(=O)c2cc3ccccc3nc2On2nnc3cccnc32)c1. The number of nitrogens with two attached hydrogens (primary N) is 1. The molecular formula is C21H15N7O4S. The molecule has 1 amide bonds. The molecule has 0 aliphatic heterocycles. The Morgan fingerprint density at radius 3 is 2.67 bits per heavy atom. The predicted molar refractivity (Wildman–Crippen MR) is 119 cm³/mol. The summed E-state index contributed by atoms with van der Waals surface area (Å²) in [5, 5.41) is 16.4. The Morgan fingerprint density at radius 2 is 1.82 bits per heavy atom. The van der Waals surface area contributed by atoms with E-state index in [1.807, 2.05) is 12.1 Å². The molecule has 2 aromatic carbocycles. The number of anilines is 1. The molecule has 0 spiro atoms. The van der Waals surface area contributed by atoms with Crippen LogP contribution in [0.2, 0.25) is 0 Å². The largest absolute Gasteiger partial charge is 0.333 e. The first-order chi connectivity index (χ1) is 15.9. The van der Waals surface area contributed by atoms with E-state index in [1.54, 1.807) is 36.5 Å². The minimum absolute atomic E-state index is 0.0359. The van der Waals surface area contributed by atoms with Crippen LogP contribution in [0.1, 0.15) is 10.4 Å². The highest BCUT2D eigenvalue weighted by atomic mass is 32.2. The summed E-state index contributed by atoms with van der Waals surface area (Å²) in [7, 11) is -3.93. The number of pyridine rings is 2. The Hall–Kier alpha value is -4.42. The van der Waals surface area contributed by atoms with Gasteiger partial charge in [0.1, 0.15) is 11.1 Å². The smallest absolute Gasteiger partial charge is 0.262 e. The van der Waals surface area contributed by atoms with Crippen molar-refractivity contribution in [3.8, 4) is 5.88 Å². The zero-order valence-corrected chi connectivity index (χ0v) is 17.6. The Bertz CT molecular complexity index is 1630. The maximum absolute atomic E-state index is 13.2. The van der Waals surface area contributed by atoms with Crippen molar-refractivity contribution in [3.63, 3.8) is 0 Å². The first-order valence-electron chi connectivity index (χ1n) is 9.57. The van der Waals surface area contributed by atoms with Crippen LogP contribution in [-0.2, 0) is 10.0 Å². The number of amides is 1. The molecule has 12 heteroatoms. The molecule has 0 saturated carbocycles. The van der Waals surface area contributed by atoms with Gasteiger partial charge in [0.2, 0.25) is 15.7 Å². The van der Waals surface area contributed by atoms with E-state index in [2.05, 4.69) is 25.6 Å². The number of primary sulfonamides is 1. The molecule has 33 heavy (non-hydrogen) atoms. The summed E-state index contributed by atoms with van der Waals surface area (Å²) in [5.74, 6) is -0.613. The molecule has 0 aliphatic carbocycles. The number of nitrogens with one attached hydrogen (secondary N) is 1. The fourth-order valence-corrected chi connectivity index (χ4v) is 3.73. The van der Waals surface area contributed by atoms with E-state index in [4.69, 9.17) is 9.98 Å². The zero-order chi connectivity index (χ0) is 23.0. The fraction of sp³-hybridized carbons (Fsp3) is 0. The Labute approximate surface area is 186 Å². The van der Waals surface area contributed by atoms with Gasteiger partial charge >= 0.3 is 0 Å². The molecule has 0 atom stereocenters. The molecule has 3 heterocycles. The lowest BCUT2D eigenvalue weighted by Crippen LogP contribution is -2.18. The molecule has 0 saturated heterocycles. The number of nitrogens with zero attached hydrogens (tertiary/aromatic N) is 5. The third-order valence-corrected chi connectivity index (χ3v) is 5.62. The summed E-state index contributed by atoms with van der Waals surface area (Å²) in [4.78, 5) is 28.6. The topological polar surface area (TPSA) is 155 Å². The van der Waals surface area contributed by atoms with Gasteiger partial charge in [-0.15, -0.1) is 5.10 Å². The van der Waals surface area contributed by atoms with Crippen molar-refractivity contribution in [3.05, 3.63) is 78.5 Å². The second-order valence-electron chi connectivity index (χ2n) is 6.96. The molecule has 0 bridgehead atoms. The number of hydrogen-bond acceptors (Lipinski definition) is 8. The van der Waals surface area contributed by atoms with Gasteiger partial charge in [0, 0.05) is 17.3 Å². The number of aromatic nitrogens is 5. The second kappa shape index (κ2) is 7.93. The Balaban J connectivity index is 1.56. The molecular weight excluding hydrogens is 446 g/mol. The quantitative estimate of drug-likeness (QED) is 0.403. The molecule has 11 nitrogen and oxygen atoms in total. The van der Waals surface area contributed by atoms with Gasteiger partial charge in [-0.1, -0.05) is 29.1 Å². The number of fused-ring (bicyclic) bond motifs is 2. The predicted octanol–water partition coefficient (Wildman–Crippen LogP) is 2.12. The van der Waals surface area contributed by atoms with E-state index in [0.717, 1.165) is 4.85 Å². The van der Waals surface area contributed by atoms with E-state index in [0.29, 0.717) is 22.1 Å². The van der Waals surface area contributed by atoms with Gasteiger partial charge in [-0.3, -0.25) is 4.79 Å². The fourth-order valence-electron chi connectivity index (χ4n) is 3.17. The van der Waals surface area contributed by atoms with Gasteiger partial charge in [-0.2, -0.15) is 0 Å². The minimum Gasteiger partial charge on any atom is -0.333 e. The Morgan fingerprint density at radius 1 is 1.00 bits per heavy atom. The third-order valence-electron chi connectivity index (χ3n) is 4.71. The van der Waals surface area contributed by atoms with E-state index < -0.39 is 15.9 Å². The molecule has 3 aromatic heterocycles. The standard InChI is InChI=1S/C21H15N7O4S/c22-33(30,31)15-7-3-6-14(12-15)24-20(29)16-11-13-5-1-2-8-17(13)25-21(16)32-28-19-18(26-27-28)9-4-10-23-19/h1-12H,(H,24,29)(H2,22,30,31). The van der Waals surface area contributed by atoms with Crippen molar-refractivity contribution in [1.29, 1.82) is 0 Å². The van der Waals surface area contributed by atoms with Crippen LogP contribution in [0.15, 0.2) is 77.8 Å². The van der Waals surface area contributed by atoms with Crippen LogP contribution in [0.25, 0.3) is 22.1 Å². The molecule has 5 rings (SSSR count). The summed E-state index contributed by atoms with van der Waals surface area (Å²) >= 11 is 0. The number of rotatable bonds is 5. The van der Waals surface area contributed by atoms with Crippen LogP contribution in [0.4, 0.5) is 5.69 Å². The summed E-state index contributed by atoms with van der Waals surface area (Å²) in [6, 6.07) is 17.9. The highest BCUT2D eigenvalue weighted by molar-refractivity contribution is 7.89. The molecule has 0 radical (unpaired) electrons. The molecule has 3 N–H and O–H groups in total. The minimum atomic E-state index is -3.93. The van der Waals surface area contributed by atoms with Crippen molar-refractivity contribution in [1.82, 2.24) is 25.1 Å². The highest BCUT2D eigenvalue weighted by Gasteiger charge is 2.20. The van der Waals surface area contributed by atoms with Crippen LogP contribution < -0.4 is 15.3 Å². The molecule has 5 aromatic rings. The van der Waals surface area contributed by atoms with Crippen LogP contribution >= 0.6 is 0 Å². The second-order valence-corrected chi connectivity index (χ2v) is 8.52. The van der Waals surface area contributed by atoms with Gasteiger partial charge in [0.05, 0.1) is 10.4 Å². The number of hydrogen-bond donors (Lipinski definition) is 2. The number of para-hydroxylation sites is 1. The highest BCUT2D eigenvalue weighted by Crippen LogP contribution is 2.25. The normalized spacial score (nSPS) is 11.5. The van der Waals surface area contributed by atoms with Crippen LogP contribution in [-0.4, -0.2) is 39.5 Å². The van der Waals surface area contributed by atoms with Crippen molar-refractivity contribution in [2.75, 3.05) is 5.32 Å². The molecule has 0 fully saturated rings. The van der Waals surface area contributed by atoms with Crippen LogP contribution in [0, 0.1) is 0 Å². The third kappa shape index (κ3) is 4.07. The van der Waals surface area contributed by atoms with Gasteiger partial charge < -0.3 is 10.2 Å². The average molecular weight is 461 g/mol. The number of sulfonamides is 1. The summed E-state index contributed by atoms with van der Waals surface area (Å²) in [5.41, 5.74) is 1.77. The Kier molecular flexibility index (Phi) is 4.92. The average Bonchev–Trinajstić information content (AvgIpc) is 3.21. The lowest BCUT2D eigenvalue weighted by atomic mass is 10.1. The van der Waals surface area contributed by atoms with Crippen molar-refractivity contribution in [2.24, 2.45) is 5.14 Å². The number of carbonyl (C=O) groups excluding carboxylic acids is 1. The monoisotopic (exact) mass is 461 g/mol. The first kappa shape index (κ1) is 20.5. The van der Waals surface area contributed by atoms with E-state index in [1.165, 1.54) is 24.3 Å². The van der Waals surface area contributed by atoms with Crippen molar-refractivity contribution >= 4 is 43.7 Å². The van der Waals surface area contributed by atoms with E-state index >= 15 is 0 Å². The van der Waals surface area contributed by atoms with Gasteiger partial charge in [0.25, 0.3) is 11.8 Å². The van der Waals surface area contributed by atoms with Gasteiger partial charge in [-0.05, 0) is 47.7 Å². The summed E-state index contributed by atoms with van der Waals surface area (Å²) in [6.07, 6.45) is 1.56. The van der Waals surface area contributed by atoms with E-state index in [-0.39, 0.29) is 22.0 Å². The lowest BCUT2D eigenvalue weighted by Gasteiger charge is -2.12. The van der Waals surface area contributed by atoms with Gasteiger partial charge in [0.15, 0.2) is 0 Å². The maximum Gasteiger partial charge on any atom is 0.262 e. The van der Waals surface area contributed by atoms with E-state index in [9.17, 15) is 13.2 Å². The maximum atomic E-state index is 13.2. The lowest BCUT2D eigenvalue weighted by molar-refractivity contribution is 0.101. The van der Waals surface area contributed by atoms with Crippen molar-refractivity contribution in [2.45, 2.75) is 4.90 Å². The molecule has 164 valence electrons. The summed E-state index contributed by atoms with van der Waals surface area (Å²) < 4.78 is 23.3. The van der Waals surface area contributed by atoms with Crippen molar-refractivity contribution < 1.29 is 18.0 Å². The molecule has 0 aliphatic rings. The molecule has 0 unspecified atom stereocenters. The van der Waals surface area contributed by atoms with Gasteiger partial charge in [-0.25, -0.2) is 23.5 Å². The van der Waals surface area contributed by atoms with Crippen LogP contribution in [0.5, 0.6) is 5.88 Å². The summed E-state index contributed by atoms with van der Waals surface area (Å²) in [6.45, 7) is 0. The first-order valence-corrected chi connectivity index (χ1v) is 11.1. The number of carbonyl (C=O) groups is 1.